The van der Waals surface area contributed by atoms with Crippen LogP contribution in [0, 0.1) is 0 Å². The van der Waals surface area contributed by atoms with Crippen molar-refractivity contribution < 1.29 is 9.53 Å². The maximum Gasteiger partial charge on any atom is 0.269 e. The zero-order chi connectivity index (χ0) is 18.8. The lowest BCUT2D eigenvalue weighted by atomic mass is 10.1. The normalized spacial score (nSPS) is 11.3. The second kappa shape index (κ2) is 10.4. The van der Waals surface area contributed by atoms with E-state index in [0.717, 1.165) is 24.2 Å². The average Bonchev–Trinajstić information content (AvgIpc) is 2.67. The van der Waals surface area contributed by atoms with Crippen molar-refractivity contribution in [1.82, 2.24) is 16.2 Å². The number of nitrogens with one attached hydrogen (secondary N) is 3. The van der Waals surface area contributed by atoms with Gasteiger partial charge in [0.05, 0.1) is 12.6 Å². The van der Waals surface area contributed by atoms with Crippen LogP contribution >= 0.6 is 12.2 Å². The van der Waals surface area contributed by atoms with Gasteiger partial charge in [0.1, 0.15) is 5.75 Å². The number of ether oxygens (including phenoxy) is 1. The molecule has 6 heteroatoms. The van der Waals surface area contributed by atoms with Gasteiger partial charge >= 0.3 is 0 Å². The van der Waals surface area contributed by atoms with Crippen LogP contribution in [0.4, 0.5) is 0 Å². The molecule has 2 aromatic rings. The summed E-state index contributed by atoms with van der Waals surface area (Å²) in [7, 11) is 0. The molecule has 1 amide bonds. The second-order valence-corrected chi connectivity index (χ2v) is 6.32. The molecule has 0 heterocycles. The molecule has 0 fully saturated rings. The third kappa shape index (κ3) is 6.37. The van der Waals surface area contributed by atoms with Gasteiger partial charge in [0.25, 0.3) is 5.91 Å². The van der Waals surface area contributed by atoms with Crippen LogP contribution in [0.25, 0.3) is 0 Å². The van der Waals surface area contributed by atoms with Crippen LogP contribution in [-0.2, 0) is 0 Å². The lowest BCUT2D eigenvalue weighted by Crippen LogP contribution is -2.47. The molecule has 0 radical (unpaired) electrons. The summed E-state index contributed by atoms with van der Waals surface area (Å²) in [6.07, 6.45) is 2.10. The highest BCUT2D eigenvalue weighted by Crippen LogP contribution is 2.13. The van der Waals surface area contributed by atoms with E-state index in [0.29, 0.717) is 17.3 Å². The molecule has 0 unspecified atom stereocenters. The van der Waals surface area contributed by atoms with Crippen molar-refractivity contribution in [2.75, 3.05) is 6.61 Å². The zero-order valence-corrected chi connectivity index (χ0v) is 15.9. The van der Waals surface area contributed by atoms with Gasteiger partial charge in [-0.15, -0.1) is 0 Å². The smallest absolute Gasteiger partial charge is 0.269 e. The van der Waals surface area contributed by atoms with E-state index in [1.54, 1.807) is 24.3 Å². The molecule has 0 aliphatic heterocycles. The van der Waals surface area contributed by atoms with Crippen molar-refractivity contribution in [3.05, 3.63) is 65.7 Å². The SMILES string of the molecule is CCCCOc1ccc(C(=O)NNC(=S)N[C@@H](C)c2ccccc2)cc1. The van der Waals surface area contributed by atoms with Crippen LogP contribution in [0.15, 0.2) is 54.6 Å². The second-order valence-electron chi connectivity index (χ2n) is 5.91. The summed E-state index contributed by atoms with van der Waals surface area (Å²) in [6.45, 7) is 4.80. The van der Waals surface area contributed by atoms with Crippen molar-refractivity contribution in [2.45, 2.75) is 32.7 Å². The number of hydrogen-bond donors (Lipinski definition) is 3. The van der Waals surface area contributed by atoms with Crippen LogP contribution in [0.2, 0.25) is 0 Å². The molecule has 5 nitrogen and oxygen atoms in total. The standard InChI is InChI=1S/C20H25N3O2S/c1-3-4-14-25-18-12-10-17(11-13-18)19(24)22-23-20(26)21-15(2)16-8-6-5-7-9-16/h5-13,15H,3-4,14H2,1-2H3,(H,22,24)(H2,21,23,26)/t15-/m0/s1. The van der Waals surface area contributed by atoms with Crippen molar-refractivity contribution in [3.8, 4) is 5.75 Å². The number of unbranched alkanes of at least 4 members (excludes halogenated alkanes) is 1. The van der Waals surface area contributed by atoms with E-state index in [2.05, 4.69) is 23.1 Å². The number of benzene rings is 2. The molecule has 0 spiro atoms. The first kappa shape index (κ1) is 19.7. The number of hydrazine groups is 1. The van der Waals surface area contributed by atoms with Gasteiger partial charge in [0.2, 0.25) is 0 Å². The Hall–Kier alpha value is -2.60. The third-order valence-electron chi connectivity index (χ3n) is 3.82. The molecule has 0 saturated heterocycles. The Morgan fingerprint density at radius 2 is 1.77 bits per heavy atom. The van der Waals surface area contributed by atoms with E-state index in [-0.39, 0.29) is 11.9 Å². The van der Waals surface area contributed by atoms with Gasteiger partial charge in [-0.25, -0.2) is 0 Å². The molecule has 0 aromatic heterocycles. The van der Waals surface area contributed by atoms with Gasteiger partial charge in [0, 0.05) is 5.56 Å². The van der Waals surface area contributed by atoms with Gasteiger partial charge < -0.3 is 10.1 Å². The van der Waals surface area contributed by atoms with E-state index >= 15 is 0 Å². The van der Waals surface area contributed by atoms with Crippen LogP contribution < -0.4 is 20.9 Å². The molecule has 2 aromatic carbocycles. The molecule has 0 aliphatic rings. The highest BCUT2D eigenvalue weighted by molar-refractivity contribution is 7.80. The van der Waals surface area contributed by atoms with Gasteiger partial charge in [-0.2, -0.15) is 0 Å². The predicted molar refractivity (Wildman–Crippen MR) is 108 cm³/mol. The quantitative estimate of drug-likeness (QED) is 0.393. The van der Waals surface area contributed by atoms with Crippen molar-refractivity contribution in [1.29, 1.82) is 0 Å². The highest BCUT2D eigenvalue weighted by atomic mass is 32.1. The van der Waals surface area contributed by atoms with E-state index in [4.69, 9.17) is 17.0 Å². The molecule has 138 valence electrons. The molecule has 0 bridgehead atoms. The Kier molecular flexibility index (Phi) is 7.89. The van der Waals surface area contributed by atoms with E-state index in [1.165, 1.54) is 0 Å². The molecule has 2 rings (SSSR count). The summed E-state index contributed by atoms with van der Waals surface area (Å²) in [5.74, 6) is 0.499. The van der Waals surface area contributed by atoms with Gasteiger partial charge in [-0.05, 0) is 55.4 Å². The van der Waals surface area contributed by atoms with Crippen LogP contribution in [-0.4, -0.2) is 17.6 Å². The molecule has 0 aliphatic carbocycles. The number of rotatable bonds is 7. The maximum absolute atomic E-state index is 12.2. The summed E-state index contributed by atoms with van der Waals surface area (Å²) >= 11 is 5.22. The predicted octanol–water partition coefficient (Wildman–Crippen LogP) is 3.74. The minimum absolute atomic E-state index is 0.0349. The average molecular weight is 372 g/mol. The van der Waals surface area contributed by atoms with E-state index < -0.39 is 0 Å². The number of amides is 1. The molecule has 3 N–H and O–H groups in total. The van der Waals surface area contributed by atoms with Crippen LogP contribution in [0.1, 0.15) is 48.7 Å². The topological polar surface area (TPSA) is 62.4 Å². The maximum atomic E-state index is 12.2. The van der Waals surface area contributed by atoms with Crippen LogP contribution in [0.5, 0.6) is 5.75 Å². The summed E-state index contributed by atoms with van der Waals surface area (Å²) in [4.78, 5) is 12.2. The van der Waals surface area contributed by atoms with Crippen molar-refractivity contribution in [2.24, 2.45) is 0 Å². The van der Waals surface area contributed by atoms with Crippen molar-refractivity contribution >= 4 is 23.2 Å². The summed E-state index contributed by atoms with van der Waals surface area (Å²) in [5, 5.41) is 3.48. The fraction of sp³-hybridized carbons (Fsp3) is 0.300. The van der Waals surface area contributed by atoms with Crippen molar-refractivity contribution in [3.63, 3.8) is 0 Å². The first-order valence-electron chi connectivity index (χ1n) is 8.74. The summed E-state index contributed by atoms with van der Waals surface area (Å²) < 4.78 is 5.59. The minimum Gasteiger partial charge on any atom is -0.494 e. The molecular formula is C20H25N3O2S. The fourth-order valence-electron chi connectivity index (χ4n) is 2.28. The Labute approximate surface area is 160 Å². The first-order valence-corrected chi connectivity index (χ1v) is 9.15. The number of hydrogen-bond acceptors (Lipinski definition) is 3. The lowest BCUT2D eigenvalue weighted by Gasteiger charge is -2.17. The van der Waals surface area contributed by atoms with Gasteiger partial charge in [-0.1, -0.05) is 43.7 Å². The molecule has 0 saturated carbocycles. The lowest BCUT2D eigenvalue weighted by molar-refractivity contribution is 0.0943. The summed E-state index contributed by atoms with van der Waals surface area (Å²) in [6, 6.07) is 17.0. The highest BCUT2D eigenvalue weighted by Gasteiger charge is 2.09. The summed E-state index contributed by atoms with van der Waals surface area (Å²) in [5.41, 5.74) is 6.96. The minimum atomic E-state index is -0.262. The Bertz CT molecular complexity index is 705. The molecule has 1 atom stereocenters. The Balaban J connectivity index is 1.77. The Morgan fingerprint density at radius 3 is 2.42 bits per heavy atom. The molecule has 26 heavy (non-hydrogen) atoms. The number of carbonyl (C=O) groups excluding carboxylic acids is 1. The zero-order valence-electron chi connectivity index (χ0n) is 15.1. The Morgan fingerprint density at radius 1 is 1.08 bits per heavy atom. The van der Waals surface area contributed by atoms with E-state index in [1.807, 2.05) is 37.3 Å². The molecular weight excluding hydrogens is 346 g/mol. The largest absolute Gasteiger partial charge is 0.494 e. The fourth-order valence-corrected chi connectivity index (χ4v) is 2.51. The monoisotopic (exact) mass is 371 g/mol. The van der Waals surface area contributed by atoms with Gasteiger partial charge in [0.15, 0.2) is 5.11 Å². The van der Waals surface area contributed by atoms with Gasteiger partial charge in [-0.3, -0.25) is 15.6 Å². The first-order chi connectivity index (χ1) is 12.6. The van der Waals surface area contributed by atoms with E-state index in [9.17, 15) is 4.79 Å². The number of thiocarbonyl (C=S) groups is 1. The van der Waals surface area contributed by atoms with Crippen LogP contribution in [0.3, 0.4) is 0 Å². The number of carbonyl (C=O) groups is 1. The third-order valence-corrected chi connectivity index (χ3v) is 4.04.